The lowest BCUT2D eigenvalue weighted by Crippen LogP contribution is -2.02. The first-order valence-corrected chi connectivity index (χ1v) is 4.73. The monoisotopic (exact) mass is 204 g/mol. The van der Waals surface area contributed by atoms with E-state index in [1.54, 1.807) is 24.5 Å². The second-order valence-corrected chi connectivity index (χ2v) is 3.22. The van der Waals surface area contributed by atoms with E-state index in [4.69, 9.17) is 10.2 Å². The molecule has 0 spiro atoms. The number of rotatable bonds is 3. The molecule has 0 unspecified atom stereocenters. The fraction of sp³-hybridized carbons (Fsp3) is 0.182. The first-order chi connectivity index (χ1) is 7.29. The van der Waals surface area contributed by atoms with Gasteiger partial charge in [0.25, 0.3) is 0 Å². The van der Waals surface area contributed by atoms with Crippen molar-refractivity contribution >= 4 is 0 Å². The van der Waals surface area contributed by atoms with Crippen molar-refractivity contribution in [3.63, 3.8) is 0 Å². The highest BCUT2D eigenvalue weighted by Crippen LogP contribution is 2.22. The fourth-order valence-electron chi connectivity index (χ4n) is 1.35. The van der Waals surface area contributed by atoms with E-state index in [0.29, 0.717) is 24.6 Å². The molecule has 1 aromatic heterocycles. The first kappa shape index (κ1) is 9.73. The number of aromatic nitrogens is 1. The molecule has 0 saturated carbocycles. The summed E-state index contributed by atoms with van der Waals surface area (Å²) < 4.78 is 5.23. The lowest BCUT2D eigenvalue weighted by molar-refractivity contribution is 0.475. The molecule has 0 aliphatic rings. The lowest BCUT2D eigenvalue weighted by Gasteiger charge is -1.95. The van der Waals surface area contributed by atoms with Crippen LogP contribution in [0.5, 0.6) is 5.75 Å². The van der Waals surface area contributed by atoms with Crippen LogP contribution in [0.3, 0.4) is 0 Å². The standard InChI is InChI=1S/C11H12N2O2/c12-5-4-11-13-10(7-15-11)8-2-1-3-9(14)6-8/h1-3,6-7,14H,4-5,12H2. The van der Waals surface area contributed by atoms with E-state index in [1.807, 2.05) is 6.07 Å². The highest BCUT2D eigenvalue weighted by molar-refractivity contribution is 5.59. The molecule has 2 aromatic rings. The van der Waals surface area contributed by atoms with Crippen molar-refractivity contribution in [3.8, 4) is 17.0 Å². The predicted octanol–water partition coefficient (Wildman–Crippen LogP) is 1.55. The second-order valence-electron chi connectivity index (χ2n) is 3.22. The zero-order valence-electron chi connectivity index (χ0n) is 8.18. The molecule has 1 heterocycles. The van der Waals surface area contributed by atoms with Gasteiger partial charge in [-0.1, -0.05) is 12.1 Å². The van der Waals surface area contributed by atoms with Crippen LogP contribution in [0.15, 0.2) is 34.9 Å². The lowest BCUT2D eigenvalue weighted by atomic mass is 10.2. The minimum Gasteiger partial charge on any atom is -0.508 e. The van der Waals surface area contributed by atoms with Crippen molar-refractivity contribution in [1.29, 1.82) is 0 Å². The maximum atomic E-state index is 9.31. The molecule has 0 aliphatic carbocycles. The number of nitrogens with two attached hydrogens (primary N) is 1. The van der Waals surface area contributed by atoms with Gasteiger partial charge in [0.05, 0.1) is 0 Å². The van der Waals surface area contributed by atoms with Gasteiger partial charge in [-0.25, -0.2) is 4.98 Å². The van der Waals surface area contributed by atoms with E-state index in [2.05, 4.69) is 4.98 Å². The Morgan fingerprint density at radius 2 is 2.27 bits per heavy atom. The van der Waals surface area contributed by atoms with E-state index in [-0.39, 0.29) is 5.75 Å². The van der Waals surface area contributed by atoms with Gasteiger partial charge in [0.2, 0.25) is 0 Å². The van der Waals surface area contributed by atoms with E-state index in [0.717, 1.165) is 5.56 Å². The van der Waals surface area contributed by atoms with Crippen LogP contribution < -0.4 is 5.73 Å². The van der Waals surface area contributed by atoms with Crippen LogP contribution in [0.4, 0.5) is 0 Å². The van der Waals surface area contributed by atoms with Gasteiger partial charge < -0.3 is 15.3 Å². The number of nitrogens with zero attached hydrogens (tertiary/aromatic N) is 1. The SMILES string of the molecule is NCCc1nc(-c2cccc(O)c2)co1. The van der Waals surface area contributed by atoms with E-state index < -0.39 is 0 Å². The highest BCUT2D eigenvalue weighted by Gasteiger charge is 2.05. The number of phenolic OH excluding ortho intramolecular Hbond substituents is 1. The summed E-state index contributed by atoms with van der Waals surface area (Å²) in [6.07, 6.45) is 2.19. The van der Waals surface area contributed by atoms with Crippen molar-refractivity contribution in [2.24, 2.45) is 5.73 Å². The third-order valence-electron chi connectivity index (χ3n) is 2.05. The minimum absolute atomic E-state index is 0.218. The van der Waals surface area contributed by atoms with Crippen LogP contribution in [-0.2, 0) is 6.42 Å². The Balaban J connectivity index is 2.29. The highest BCUT2D eigenvalue weighted by atomic mass is 16.3. The van der Waals surface area contributed by atoms with E-state index >= 15 is 0 Å². The van der Waals surface area contributed by atoms with Gasteiger partial charge >= 0.3 is 0 Å². The maximum absolute atomic E-state index is 9.31. The van der Waals surface area contributed by atoms with Crippen LogP contribution in [0, 0.1) is 0 Å². The van der Waals surface area contributed by atoms with Gasteiger partial charge in [-0.15, -0.1) is 0 Å². The quantitative estimate of drug-likeness (QED) is 0.795. The molecule has 78 valence electrons. The smallest absolute Gasteiger partial charge is 0.195 e. The predicted molar refractivity (Wildman–Crippen MR) is 56.4 cm³/mol. The Bertz CT molecular complexity index is 451. The Morgan fingerprint density at radius 1 is 1.40 bits per heavy atom. The van der Waals surface area contributed by atoms with Crippen LogP contribution in [0.1, 0.15) is 5.89 Å². The molecule has 3 N–H and O–H groups in total. The van der Waals surface area contributed by atoms with E-state index in [1.165, 1.54) is 0 Å². The van der Waals surface area contributed by atoms with Crippen LogP contribution >= 0.6 is 0 Å². The molecule has 1 aromatic carbocycles. The van der Waals surface area contributed by atoms with Crippen molar-refractivity contribution in [2.45, 2.75) is 6.42 Å². The summed E-state index contributed by atoms with van der Waals surface area (Å²) in [5, 5.41) is 9.31. The first-order valence-electron chi connectivity index (χ1n) is 4.73. The van der Waals surface area contributed by atoms with Gasteiger partial charge in [-0.2, -0.15) is 0 Å². The Kier molecular flexibility index (Phi) is 2.69. The zero-order chi connectivity index (χ0) is 10.7. The van der Waals surface area contributed by atoms with Crippen molar-refractivity contribution in [1.82, 2.24) is 4.98 Å². The van der Waals surface area contributed by atoms with Gasteiger partial charge in [0.1, 0.15) is 17.7 Å². The molecule has 0 aliphatic heterocycles. The third kappa shape index (κ3) is 2.16. The maximum Gasteiger partial charge on any atom is 0.195 e. The number of hydrogen-bond donors (Lipinski definition) is 2. The number of hydrogen-bond acceptors (Lipinski definition) is 4. The minimum atomic E-state index is 0.218. The summed E-state index contributed by atoms with van der Waals surface area (Å²) in [5.41, 5.74) is 6.94. The normalized spacial score (nSPS) is 10.5. The molecular weight excluding hydrogens is 192 g/mol. The summed E-state index contributed by atoms with van der Waals surface area (Å²) in [4.78, 5) is 4.25. The average molecular weight is 204 g/mol. The topological polar surface area (TPSA) is 72.3 Å². The van der Waals surface area contributed by atoms with Gasteiger partial charge in [-0.05, 0) is 12.1 Å². The summed E-state index contributed by atoms with van der Waals surface area (Å²) in [6, 6.07) is 6.89. The van der Waals surface area contributed by atoms with Gasteiger partial charge in [0.15, 0.2) is 5.89 Å². The van der Waals surface area contributed by atoms with Crippen molar-refractivity contribution in [2.75, 3.05) is 6.54 Å². The molecule has 4 heteroatoms. The molecule has 0 radical (unpaired) electrons. The van der Waals surface area contributed by atoms with Crippen molar-refractivity contribution < 1.29 is 9.52 Å². The summed E-state index contributed by atoms with van der Waals surface area (Å²) in [7, 11) is 0. The van der Waals surface area contributed by atoms with Crippen LogP contribution in [-0.4, -0.2) is 16.6 Å². The summed E-state index contributed by atoms with van der Waals surface area (Å²) in [6.45, 7) is 0.514. The molecule has 15 heavy (non-hydrogen) atoms. The van der Waals surface area contributed by atoms with Crippen LogP contribution in [0.25, 0.3) is 11.3 Å². The fourth-order valence-corrected chi connectivity index (χ4v) is 1.35. The molecule has 0 fully saturated rings. The van der Waals surface area contributed by atoms with Gasteiger partial charge in [0, 0.05) is 18.5 Å². The molecule has 0 saturated heterocycles. The van der Waals surface area contributed by atoms with E-state index in [9.17, 15) is 5.11 Å². The molecule has 2 rings (SSSR count). The van der Waals surface area contributed by atoms with Crippen molar-refractivity contribution in [3.05, 3.63) is 36.4 Å². The number of benzene rings is 1. The Morgan fingerprint density at radius 3 is 3.00 bits per heavy atom. The largest absolute Gasteiger partial charge is 0.508 e. The summed E-state index contributed by atoms with van der Waals surface area (Å²) >= 11 is 0. The molecule has 0 amide bonds. The Labute approximate surface area is 87.4 Å². The average Bonchev–Trinajstić information content (AvgIpc) is 2.67. The second kappa shape index (κ2) is 4.14. The molecular formula is C11H12N2O2. The molecule has 0 atom stereocenters. The number of aromatic hydroxyl groups is 1. The van der Waals surface area contributed by atoms with Crippen LogP contribution in [0.2, 0.25) is 0 Å². The zero-order valence-corrected chi connectivity index (χ0v) is 8.18. The Hall–Kier alpha value is -1.81. The molecule has 0 bridgehead atoms. The van der Waals surface area contributed by atoms with Gasteiger partial charge in [-0.3, -0.25) is 0 Å². The number of phenols is 1. The number of oxazole rings is 1. The molecule has 4 nitrogen and oxygen atoms in total. The third-order valence-corrected chi connectivity index (χ3v) is 2.05. The summed E-state index contributed by atoms with van der Waals surface area (Å²) in [5.74, 6) is 0.840.